The summed E-state index contributed by atoms with van der Waals surface area (Å²) < 4.78 is 12.1. The number of ether oxygens (including phenoxy) is 2. The largest absolute Gasteiger partial charge is 0.353 e. The minimum atomic E-state index is 0.0475. The molecule has 0 aromatic heterocycles. The fourth-order valence-corrected chi connectivity index (χ4v) is 2.01. The molecule has 0 aromatic rings. The molecular formula is C10H17IO2. The lowest BCUT2D eigenvalue weighted by Crippen LogP contribution is -2.22. The van der Waals surface area contributed by atoms with Gasteiger partial charge in [-0.1, -0.05) is 34.2 Å². The van der Waals surface area contributed by atoms with Crippen LogP contribution in [0.1, 0.15) is 26.2 Å². The molecule has 0 bridgehead atoms. The van der Waals surface area contributed by atoms with Gasteiger partial charge in [0.1, 0.15) is 0 Å². The van der Waals surface area contributed by atoms with Crippen molar-refractivity contribution in [2.24, 2.45) is 0 Å². The molecule has 1 atom stereocenters. The van der Waals surface area contributed by atoms with Crippen LogP contribution in [-0.4, -0.2) is 23.9 Å². The molecule has 76 valence electrons. The smallest absolute Gasteiger partial charge is 0.158 e. The van der Waals surface area contributed by atoms with E-state index >= 15 is 0 Å². The highest BCUT2D eigenvalue weighted by molar-refractivity contribution is 14.1. The van der Waals surface area contributed by atoms with Crippen molar-refractivity contribution in [3.8, 4) is 0 Å². The maximum Gasteiger partial charge on any atom is 0.158 e. The molecule has 0 N–H and O–H groups in total. The molecular weight excluding hydrogens is 279 g/mol. The van der Waals surface area contributed by atoms with Crippen LogP contribution in [0, 0.1) is 0 Å². The molecule has 0 aliphatic carbocycles. The molecule has 1 rings (SSSR count). The Bertz CT molecular complexity index is 162. The Hall–Kier alpha value is 0.390. The molecule has 1 aliphatic rings. The number of allylic oxidation sites excluding steroid dienone is 1. The lowest BCUT2D eigenvalue weighted by Gasteiger charge is -2.22. The second-order valence-corrected chi connectivity index (χ2v) is 4.19. The fraction of sp³-hybridized carbons (Fsp3) is 0.800. The maximum atomic E-state index is 5.60. The highest BCUT2D eigenvalue weighted by atomic mass is 127. The van der Waals surface area contributed by atoms with E-state index in [9.17, 15) is 0 Å². The zero-order valence-corrected chi connectivity index (χ0v) is 10.2. The Morgan fingerprint density at radius 2 is 2.46 bits per heavy atom. The second kappa shape index (κ2) is 6.79. The van der Waals surface area contributed by atoms with E-state index < -0.39 is 0 Å². The monoisotopic (exact) mass is 296 g/mol. The van der Waals surface area contributed by atoms with E-state index in [-0.39, 0.29) is 6.29 Å². The molecule has 1 aliphatic heterocycles. The summed E-state index contributed by atoms with van der Waals surface area (Å²) in [5.41, 5.74) is 1.29. The Labute approximate surface area is 93.8 Å². The number of hydrogen-bond donors (Lipinski definition) is 0. The SMILES string of the molecule is CC(=CCI)COC1CCCCO1. The molecule has 1 fully saturated rings. The van der Waals surface area contributed by atoms with Crippen LogP contribution in [-0.2, 0) is 9.47 Å². The summed E-state index contributed by atoms with van der Waals surface area (Å²) in [6.07, 6.45) is 5.70. The van der Waals surface area contributed by atoms with Crippen molar-refractivity contribution < 1.29 is 9.47 Å². The van der Waals surface area contributed by atoms with Gasteiger partial charge in [0.2, 0.25) is 0 Å². The minimum absolute atomic E-state index is 0.0475. The first-order chi connectivity index (χ1) is 6.33. The fourth-order valence-electron chi connectivity index (χ4n) is 1.26. The average molecular weight is 296 g/mol. The first-order valence-electron chi connectivity index (χ1n) is 4.77. The van der Waals surface area contributed by atoms with Crippen molar-refractivity contribution in [1.29, 1.82) is 0 Å². The molecule has 0 saturated carbocycles. The summed E-state index contributed by atoms with van der Waals surface area (Å²) in [4.78, 5) is 0. The van der Waals surface area contributed by atoms with Gasteiger partial charge in [-0.3, -0.25) is 0 Å². The molecule has 0 radical (unpaired) electrons. The van der Waals surface area contributed by atoms with Crippen molar-refractivity contribution in [2.45, 2.75) is 32.5 Å². The Morgan fingerprint density at radius 3 is 3.08 bits per heavy atom. The lowest BCUT2D eigenvalue weighted by molar-refractivity contribution is -0.156. The number of alkyl halides is 1. The predicted molar refractivity (Wildman–Crippen MR) is 62.2 cm³/mol. The second-order valence-electron chi connectivity index (χ2n) is 3.31. The molecule has 13 heavy (non-hydrogen) atoms. The first kappa shape index (κ1) is 11.5. The highest BCUT2D eigenvalue weighted by Crippen LogP contribution is 2.14. The standard InChI is InChI=1S/C10H17IO2/c1-9(5-6-11)8-13-10-4-2-3-7-12-10/h5,10H,2-4,6-8H2,1H3. The van der Waals surface area contributed by atoms with Crippen LogP contribution in [0.15, 0.2) is 11.6 Å². The summed E-state index contributed by atoms with van der Waals surface area (Å²) in [6, 6.07) is 0. The van der Waals surface area contributed by atoms with Crippen LogP contribution in [0.3, 0.4) is 0 Å². The van der Waals surface area contributed by atoms with E-state index in [1.165, 1.54) is 18.4 Å². The lowest BCUT2D eigenvalue weighted by atomic mass is 10.2. The highest BCUT2D eigenvalue weighted by Gasteiger charge is 2.13. The van der Waals surface area contributed by atoms with Crippen molar-refractivity contribution in [3.05, 3.63) is 11.6 Å². The van der Waals surface area contributed by atoms with Crippen molar-refractivity contribution in [3.63, 3.8) is 0 Å². The zero-order valence-electron chi connectivity index (χ0n) is 8.09. The molecule has 1 heterocycles. The number of hydrogen-bond acceptors (Lipinski definition) is 2. The van der Waals surface area contributed by atoms with Gasteiger partial charge < -0.3 is 9.47 Å². The molecule has 0 spiro atoms. The zero-order chi connectivity index (χ0) is 9.52. The number of halogens is 1. The van der Waals surface area contributed by atoms with E-state index in [0.29, 0.717) is 6.61 Å². The summed E-state index contributed by atoms with van der Waals surface area (Å²) >= 11 is 2.33. The number of rotatable bonds is 4. The third kappa shape index (κ3) is 4.98. The van der Waals surface area contributed by atoms with Gasteiger partial charge in [-0.25, -0.2) is 0 Å². The van der Waals surface area contributed by atoms with Gasteiger partial charge in [-0.2, -0.15) is 0 Å². The topological polar surface area (TPSA) is 18.5 Å². The summed E-state index contributed by atoms with van der Waals surface area (Å²) in [5, 5.41) is 0. The molecule has 1 unspecified atom stereocenters. The molecule has 0 amide bonds. The van der Waals surface area contributed by atoms with Crippen molar-refractivity contribution >= 4 is 22.6 Å². The third-order valence-corrected chi connectivity index (χ3v) is 2.50. The summed E-state index contributed by atoms with van der Waals surface area (Å²) in [6.45, 7) is 3.68. The van der Waals surface area contributed by atoms with Gasteiger partial charge >= 0.3 is 0 Å². The van der Waals surface area contributed by atoms with E-state index in [0.717, 1.165) is 17.5 Å². The van der Waals surface area contributed by atoms with Crippen LogP contribution in [0.5, 0.6) is 0 Å². The van der Waals surface area contributed by atoms with Gasteiger partial charge in [0.05, 0.1) is 6.61 Å². The van der Waals surface area contributed by atoms with E-state index in [4.69, 9.17) is 9.47 Å². The Morgan fingerprint density at radius 1 is 1.62 bits per heavy atom. The van der Waals surface area contributed by atoms with Gasteiger partial charge in [0, 0.05) is 11.0 Å². The van der Waals surface area contributed by atoms with E-state index in [1.54, 1.807) is 0 Å². The predicted octanol–water partition coefficient (Wildman–Crippen LogP) is 2.91. The summed E-state index contributed by atoms with van der Waals surface area (Å²) in [5.74, 6) is 0. The summed E-state index contributed by atoms with van der Waals surface area (Å²) in [7, 11) is 0. The quantitative estimate of drug-likeness (QED) is 0.451. The van der Waals surface area contributed by atoms with Crippen LogP contribution in [0.25, 0.3) is 0 Å². The van der Waals surface area contributed by atoms with Crippen molar-refractivity contribution in [2.75, 3.05) is 17.6 Å². The van der Waals surface area contributed by atoms with Gasteiger partial charge in [0.25, 0.3) is 0 Å². The Kier molecular flexibility index (Phi) is 5.98. The van der Waals surface area contributed by atoms with Gasteiger partial charge in [0.15, 0.2) is 6.29 Å². The van der Waals surface area contributed by atoms with E-state index in [1.807, 2.05) is 0 Å². The molecule has 0 aromatic carbocycles. The maximum absolute atomic E-state index is 5.60. The molecule has 3 heteroatoms. The van der Waals surface area contributed by atoms with Gasteiger partial charge in [-0.05, 0) is 26.2 Å². The molecule has 2 nitrogen and oxygen atoms in total. The van der Waals surface area contributed by atoms with Crippen molar-refractivity contribution in [1.82, 2.24) is 0 Å². The van der Waals surface area contributed by atoms with Crippen LogP contribution in [0.4, 0.5) is 0 Å². The third-order valence-electron chi connectivity index (χ3n) is 2.06. The van der Waals surface area contributed by atoms with Gasteiger partial charge in [-0.15, -0.1) is 0 Å². The average Bonchev–Trinajstić information content (AvgIpc) is 2.17. The normalized spacial score (nSPS) is 24.8. The molecule has 1 saturated heterocycles. The van der Waals surface area contributed by atoms with E-state index in [2.05, 4.69) is 35.6 Å². The van der Waals surface area contributed by atoms with Crippen LogP contribution >= 0.6 is 22.6 Å². The van der Waals surface area contributed by atoms with Crippen LogP contribution in [0.2, 0.25) is 0 Å². The minimum Gasteiger partial charge on any atom is -0.353 e. The Balaban J connectivity index is 2.13. The van der Waals surface area contributed by atoms with Crippen LogP contribution < -0.4 is 0 Å². The first-order valence-corrected chi connectivity index (χ1v) is 6.30.